The van der Waals surface area contributed by atoms with E-state index in [4.69, 9.17) is 11.6 Å². The number of piperazine rings is 1. The summed E-state index contributed by atoms with van der Waals surface area (Å²) < 4.78 is 0. The lowest BCUT2D eigenvalue weighted by molar-refractivity contribution is 0.219. The normalized spacial score (nSPS) is 25.3. The van der Waals surface area contributed by atoms with Gasteiger partial charge < -0.3 is 9.80 Å². The van der Waals surface area contributed by atoms with Crippen LogP contribution in [0.15, 0.2) is 24.3 Å². The number of hydrogen-bond donors (Lipinski definition) is 0. The molecule has 2 aliphatic rings. The minimum Gasteiger partial charge on any atom is -0.369 e. The van der Waals surface area contributed by atoms with Crippen LogP contribution in [0, 0.1) is 5.92 Å². The molecule has 4 heteroatoms. The van der Waals surface area contributed by atoms with Gasteiger partial charge in [-0.15, -0.1) is 0 Å². The van der Waals surface area contributed by atoms with Crippen LogP contribution in [-0.2, 0) is 0 Å². The van der Waals surface area contributed by atoms with Gasteiger partial charge in [-0.1, -0.05) is 17.7 Å². The molecule has 0 spiro atoms. The quantitative estimate of drug-likeness (QED) is 0.847. The molecular formula is C16H24ClN3. The van der Waals surface area contributed by atoms with E-state index in [1.165, 1.54) is 44.8 Å². The van der Waals surface area contributed by atoms with E-state index < -0.39 is 0 Å². The molecule has 0 aliphatic carbocycles. The third-order valence-electron chi connectivity index (χ3n) is 4.55. The molecule has 0 unspecified atom stereocenters. The minimum atomic E-state index is 0.832. The van der Waals surface area contributed by atoms with Crippen molar-refractivity contribution in [1.29, 1.82) is 0 Å². The predicted octanol–water partition coefficient (Wildman–Crippen LogP) is 2.41. The number of nitrogens with zero attached hydrogens (tertiary/aromatic N) is 3. The monoisotopic (exact) mass is 293 g/mol. The van der Waals surface area contributed by atoms with Crippen molar-refractivity contribution in [2.24, 2.45) is 5.92 Å². The van der Waals surface area contributed by atoms with Crippen LogP contribution in [0.25, 0.3) is 0 Å². The smallest absolute Gasteiger partial charge is 0.0426 e. The highest BCUT2D eigenvalue weighted by Gasteiger charge is 2.24. The summed E-state index contributed by atoms with van der Waals surface area (Å²) in [4.78, 5) is 7.53. The number of anilines is 1. The van der Waals surface area contributed by atoms with Gasteiger partial charge in [-0.05, 0) is 44.1 Å². The molecule has 0 saturated carbocycles. The summed E-state index contributed by atoms with van der Waals surface area (Å²) in [5, 5.41) is 0.832. The zero-order valence-electron chi connectivity index (χ0n) is 12.3. The highest BCUT2D eigenvalue weighted by Crippen LogP contribution is 2.22. The SMILES string of the molecule is CN1CC[C@H](CN2CCN(c3cccc(Cl)c3)CC2)C1. The fourth-order valence-corrected chi connectivity index (χ4v) is 3.59. The van der Waals surface area contributed by atoms with Gasteiger partial charge in [-0.3, -0.25) is 4.90 Å². The number of rotatable bonds is 3. The van der Waals surface area contributed by atoms with Gasteiger partial charge in [0.1, 0.15) is 0 Å². The third kappa shape index (κ3) is 3.46. The highest BCUT2D eigenvalue weighted by atomic mass is 35.5. The summed E-state index contributed by atoms with van der Waals surface area (Å²) in [5.74, 6) is 0.873. The zero-order chi connectivity index (χ0) is 13.9. The Kier molecular flexibility index (Phi) is 4.49. The van der Waals surface area contributed by atoms with Crippen molar-refractivity contribution >= 4 is 17.3 Å². The van der Waals surface area contributed by atoms with Gasteiger partial charge >= 0.3 is 0 Å². The predicted molar refractivity (Wildman–Crippen MR) is 85.7 cm³/mol. The molecule has 0 radical (unpaired) electrons. The van der Waals surface area contributed by atoms with Gasteiger partial charge in [0.2, 0.25) is 0 Å². The molecule has 2 aliphatic heterocycles. The van der Waals surface area contributed by atoms with Crippen molar-refractivity contribution in [3.8, 4) is 0 Å². The van der Waals surface area contributed by atoms with E-state index in [-0.39, 0.29) is 0 Å². The molecule has 0 N–H and O–H groups in total. The van der Waals surface area contributed by atoms with Crippen molar-refractivity contribution in [3.63, 3.8) is 0 Å². The van der Waals surface area contributed by atoms with Gasteiger partial charge in [0, 0.05) is 50.0 Å². The van der Waals surface area contributed by atoms with E-state index in [9.17, 15) is 0 Å². The van der Waals surface area contributed by atoms with Crippen LogP contribution in [0.4, 0.5) is 5.69 Å². The molecule has 2 fully saturated rings. The summed E-state index contributed by atoms with van der Waals surface area (Å²) in [6.07, 6.45) is 1.37. The molecule has 20 heavy (non-hydrogen) atoms. The standard InChI is InChI=1S/C16H24ClN3/c1-18-6-5-14(12-18)13-19-7-9-20(10-8-19)16-4-2-3-15(17)11-16/h2-4,11,14H,5-10,12-13H2,1H3/t14-/m0/s1. The van der Waals surface area contributed by atoms with Gasteiger partial charge in [0.05, 0.1) is 0 Å². The molecule has 1 atom stereocenters. The van der Waals surface area contributed by atoms with Crippen LogP contribution < -0.4 is 4.90 Å². The maximum absolute atomic E-state index is 6.08. The Morgan fingerprint density at radius 3 is 2.60 bits per heavy atom. The van der Waals surface area contributed by atoms with Crippen LogP contribution in [0.2, 0.25) is 5.02 Å². The molecule has 110 valence electrons. The summed E-state index contributed by atoms with van der Waals surface area (Å²) in [5.41, 5.74) is 1.26. The van der Waals surface area contributed by atoms with Gasteiger partial charge in [0.25, 0.3) is 0 Å². The van der Waals surface area contributed by atoms with E-state index in [1.807, 2.05) is 12.1 Å². The second-order valence-electron chi connectivity index (χ2n) is 6.18. The Morgan fingerprint density at radius 1 is 1.15 bits per heavy atom. The first-order valence-corrected chi connectivity index (χ1v) is 8.00. The second-order valence-corrected chi connectivity index (χ2v) is 6.62. The third-order valence-corrected chi connectivity index (χ3v) is 4.79. The fraction of sp³-hybridized carbons (Fsp3) is 0.625. The Labute approximate surface area is 127 Å². The van der Waals surface area contributed by atoms with Crippen molar-refractivity contribution in [2.45, 2.75) is 6.42 Å². The van der Waals surface area contributed by atoms with Crippen LogP contribution >= 0.6 is 11.6 Å². The molecule has 1 aromatic carbocycles. The lowest BCUT2D eigenvalue weighted by Crippen LogP contribution is -2.48. The van der Waals surface area contributed by atoms with E-state index in [0.717, 1.165) is 24.0 Å². The highest BCUT2D eigenvalue weighted by molar-refractivity contribution is 6.30. The maximum Gasteiger partial charge on any atom is 0.0426 e. The topological polar surface area (TPSA) is 9.72 Å². The van der Waals surface area contributed by atoms with E-state index in [1.54, 1.807) is 0 Å². The summed E-state index contributed by atoms with van der Waals surface area (Å²) in [6.45, 7) is 8.39. The minimum absolute atomic E-state index is 0.832. The maximum atomic E-state index is 6.08. The lowest BCUT2D eigenvalue weighted by Gasteiger charge is -2.37. The first-order chi connectivity index (χ1) is 9.70. The molecule has 0 aromatic heterocycles. The molecule has 0 amide bonds. The van der Waals surface area contributed by atoms with Crippen molar-refractivity contribution < 1.29 is 0 Å². The van der Waals surface area contributed by atoms with Crippen LogP contribution in [0.1, 0.15) is 6.42 Å². The average molecular weight is 294 g/mol. The zero-order valence-corrected chi connectivity index (χ0v) is 13.0. The van der Waals surface area contributed by atoms with E-state index in [2.05, 4.69) is 33.9 Å². The summed E-state index contributed by atoms with van der Waals surface area (Å²) >= 11 is 6.08. The largest absolute Gasteiger partial charge is 0.369 e. The van der Waals surface area contributed by atoms with Gasteiger partial charge in [-0.25, -0.2) is 0 Å². The Balaban J connectivity index is 1.49. The number of benzene rings is 1. The Hall–Kier alpha value is -0.770. The van der Waals surface area contributed by atoms with E-state index in [0.29, 0.717) is 0 Å². The molecule has 2 heterocycles. The van der Waals surface area contributed by atoms with E-state index >= 15 is 0 Å². The van der Waals surface area contributed by atoms with Gasteiger partial charge in [0.15, 0.2) is 0 Å². The van der Waals surface area contributed by atoms with Crippen molar-refractivity contribution in [1.82, 2.24) is 9.80 Å². The lowest BCUT2D eigenvalue weighted by atomic mass is 10.1. The Bertz CT molecular complexity index is 443. The summed E-state index contributed by atoms with van der Waals surface area (Å²) in [7, 11) is 2.23. The number of likely N-dealkylation sites (tertiary alicyclic amines) is 1. The first-order valence-electron chi connectivity index (χ1n) is 7.62. The Morgan fingerprint density at radius 2 is 1.95 bits per heavy atom. The fourth-order valence-electron chi connectivity index (χ4n) is 3.40. The molecule has 2 saturated heterocycles. The number of hydrogen-bond acceptors (Lipinski definition) is 3. The molecule has 3 rings (SSSR count). The molecular weight excluding hydrogens is 270 g/mol. The van der Waals surface area contributed by atoms with Crippen LogP contribution in [-0.4, -0.2) is 62.7 Å². The van der Waals surface area contributed by atoms with Gasteiger partial charge in [-0.2, -0.15) is 0 Å². The second kappa shape index (κ2) is 6.33. The molecule has 3 nitrogen and oxygen atoms in total. The van der Waals surface area contributed by atoms with Crippen LogP contribution in [0.5, 0.6) is 0 Å². The molecule has 0 bridgehead atoms. The average Bonchev–Trinajstić information content (AvgIpc) is 2.85. The van der Waals surface area contributed by atoms with Crippen LogP contribution in [0.3, 0.4) is 0 Å². The molecule has 1 aromatic rings. The first kappa shape index (κ1) is 14.2. The van der Waals surface area contributed by atoms with Crippen molar-refractivity contribution in [2.75, 3.05) is 57.8 Å². The number of halogens is 1. The summed E-state index contributed by atoms with van der Waals surface area (Å²) in [6, 6.07) is 8.22. The van der Waals surface area contributed by atoms with Crippen molar-refractivity contribution in [3.05, 3.63) is 29.3 Å².